The maximum atomic E-state index is 2.43. The Bertz CT molecular complexity index is 2770. The number of nitrogens with zero attached hydrogens (tertiary/aromatic N) is 1. The fourth-order valence-electron chi connectivity index (χ4n) is 8.33. The van der Waals surface area contributed by atoms with Crippen LogP contribution in [0.1, 0.15) is 25.0 Å². The largest absolute Gasteiger partial charge is 0.310 e. The zero-order chi connectivity index (χ0) is 34.1. The lowest BCUT2D eigenvalue weighted by molar-refractivity contribution is 0.660. The third-order valence-corrected chi connectivity index (χ3v) is 12.0. The van der Waals surface area contributed by atoms with Crippen molar-refractivity contribution in [3.63, 3.8) is 0 Å². The number of anilines is 3. The highest BCUT2D eigenvalue weighted by molar-refractivity contribution is 7.26. The Kier molecular flexibility index (Phi) is 6.78. The first-order chi connectivity index (χ1) is 25.0. The Balaban J connectivity index is 1.10. The van der Waals surface area contributed by atoms with Crippen LogP contribution in [0.3, 0.4) is 0 Å². The average Bonchev–Trinajstić information content (AvgIpc) is 3.67. The number of fused-ring (bicyclic) bond motifs is 8. The van der Waals surface area contributed by atoms with E-state index in [-0.39, 0.29) is 5.41 Å². The van der Waals surface area contributed by atoms with Crippen molar-refractivity contribution < 1.29 is 0 Å². The molecule has 0 N–H and O–H groups in total. The van der Waals surface area contributed by atoms with Crippen LogP contribution >= 0.6 is 11.3 Å². The lowest BCUT2D eigenvalue weighted by atomic mass is 9.82. The van der Waals surface area contributed by atoms with Crippen LogP contribution in [0.15, 0.2) is 176 Å². The van der Waals surface area contributed by atoms with Gasteiger partial charge < -0.3 is 4.90 Å². The zero-order valence-electron chi connectivity index (χ0n) is 28.6. The van der Waals surface area contributed by atoms with Gasteiger partial charge in [0.1, 0.15) is 0 Å². The topological polar surface area (TPSA) is 3.24 Å². The molecule has 0 saturated heterocycles. The highest BCUT2D eigenvalue weighted by atomic mass is 32.1. The van der Waals surface area contributed by atoms with Crippen molar-refractivity contribution in [2.24, 2.45) is 0 Å². The van der Waals surface area contributed by atoms with Crippen molar-refractivity contribution in [2.45, 2.75) is 19.3 Å². The summed E-state index contributed by atoms with van der Waals surface area (Å²) in [5.74, 6) is 0. The number of rotatable bonds is 5. The number of benzene rings is 8. The quantitative estimate of drug-likeness (QED) is 0.176. The van der Waals surface area contributed by atoms with Gasteiger partial charge in [0.15, 0.2) is 0 Å². The second-order valence-corrected chi connectivity index (χ2v) is 15.2. The van der Waals surface area contributed by atoms with Gasteiger partial charge in [-0.3, -0.25) is 0 Å². The van der Waals surface area contributed by atoms with Gasteiger partial charge >= 0.3 is 0 Å². The molecule has 1 aliphatic carbocycles. The molecule has 0 aliphatic heterocycles. The first kappa shape index (κ1) is 29.9. The van der Waals surface area contributed by atoms with Gasteiger partial charge in [0, 0.05) is 42.5 Å². The van der Waals surface area contributed by atoms with Crippen molar-refractivity contribution in [2.75, 3.05) is 4.90 Å². The Hall–Kier alpha value is -5.96. The molecule has 0 radical (unpaired) electrons. The molecule has 9 aromatic rings. The maximum Gasteiger partial charge on any atom is 0.0540 e. The van der Waals surface area contributed by atoms with Gasteiger partial charge in [-0.1, -0.05) is 147 Å². The van der Waals surface area contributed by atoms with Gasteiger partial charge in [0.25, 0.3) is 0 Å². The summed E-state index contributed by atoms with van der Waals surface area (Å²) in [7, 11) is 0. The van der Waals surface area contributed by atoms with E-state index in [4.69, 9.17) is 0 Å². The van der Waals surface area contributed by atoms with Crippen molar-refractivity contribution in [1.29, 1.82) is 0 Å². The predicted molar refractivity (Wildman–Crippen MR) is 220 cm³/mol. The minimum absolute atomic E-state index is 0.0402. The lowest BCUT2D eigenvalue weighted by Gasteiger charge is -2.29. The van der Waals surface area contributed by atoms with Crippen LogP contribution in [0.4, 0.5) is 17.1 Å². The van der Waals surface area contributed by atoms with Gasteiger partial charge in [0.05, 0.1) is 5.69 Å². The van der Waals surface area contributed by atoms with E-state index in [1.807, 2.05) is 11.3 Å². The van der Waals surface area contributed by atoms with Crippen molar-refractivity contribution in [3.05, 3.63) is 187 Å². The van der Waals surface area contributed by atoms with Crippen molar-refractivity contribution in [3.8, 4) is 33.4 Å². The summed E-state index contributed by atoms with van der Waals surface area (Å²) in [6.45, 7) is 4.69. The van der Waals surface area contributed by atoms with E-state index in [1.165, 1.54) is 75.5 Å². The highest BCUT2D eigenvalue weighted by Gasteiger charge is 2.35. The molecule has 8 aromatic carbocycles. The fraction of sp³-hybridized carbons (Fsp3) is 0.0612. The molecule has 0 saturated carbocycles. The van der Waals surface area contributed by atoms with Crippen molar-refractivity contribution in [1.82, 2.24) is 0 Å². The van der Waals surface area contributed by atoms with Gasteiger partial charge in [0.2, 0.25) is 0 Å². The third kappa shape index (κ3) is 4.75. The molecular weight excluding hydrogens is 635 g/mol. The molecule has 0 spiro atoms. The van der Waals surface area contributed by atoms with E-state index in [0.29, 0.717) is 0 Å². The molecule has 0 atom stereocenters. The third-order valence-electron chi connectivity index (χ3n) is 10.9. The summed E-state index contributed by atoms with van der Waals surface area (Å²) >= 11 is 1.88. The molecule has 0 bridgehead atoms. The fourth-order valence-corrected chi connectivity index (χ4v) is 9.49. The molecule has 242 valence electrons. The Morgan fingerprint density at radius 1 is 0.431 bits per heavy atom. The molecule has 0 unspecified atom stereocenters. The number of thiophene rings is 1. The number of para-hydroxylation sites is 1. The van der Waals surface area contributed by atoms with E-state index in [2.05, 4.69) is 195 Å². The minimum atomic E-state index is -0.0402. The molecule has 1 aromatic heterocycles. The maximum absolute atomic E-state index is 2.43. The summed E-state index contributed by atoms with van der Waals surface area (Å²) in [6.07, 6.45) is 0. The van der Waals surface area contributed by atoms with E-state index in [9.17, 15) is 0 Å². The van der Waals surface area contributed by atoms with Gasteiger partial charge in [-0.15, -0.1) is 11.3 Å². The molecule has 51 heavy (non-hydrogen) atoms. The smallest absolute Gasteiger partial charge is 0.0540 e. The second kappa shape index (κ2) is 11.6. The monoisotopic (exact) mass is 669 g/mol. The molecular formula is C49H35NS. The van der Waals surface area contributed by atoms with Gasteiger partial charge in [-0.2, -0.15) is 0 Å². The van der Waals surface area contributed by atoms with Crippen LogP contribution in [-0.2, 0) is 5.41 Å². The SMILES string of the molecule is CC1(C)c2ccccc2-c2cc(N(c3ccc(-c4ccc5c(c4)sc4ccc6ccccc6c45)cc3)c3ccccc3-c3ccccc3)ccc21. The predicted octanol–water partition coefficient (Wildman–Crippen LogP) is 14.3. The summed E-state index contributed by atoms with van der Waals surface area (Å²) < 4.78 is 2.66. The molecule has 0 fully saturated rings. The molecule has 1 heterocycles. The van der Waals surface area contributed by atoms with E-state index < -0.39 is 0 Å². The molecule has 10 rings (SSSR count). The first-order valence-electron chi connectivity index (χ1n) is 17.7. The van der Waals surface area contributed by atoms with E-state index in [1.54, 1.807) is 0 Å². The van der Waals surface area contributed by atoms with E-state index >= 15 is 0 Å². The number of hydrogen-bond acceptors (Lipinski definition) is 2. The summed E-state index contributed by atoms with van der Waals surface area (Å²) in [4.78, 5) is 2.43. The minimum Gasteiger partial charge on any atom is -0.310 e. The van der Waals surface area contributed by atoms with Crippen LogP contribution in [0.25, 0.3) is 64.3 Å². The number of hydrogen-bond donors (Lipinski definition) is 0. The summed E-state index contributed by atoms with van der Waals surface area (Å²) in [5.41, 5.74) is 13.7. The normalized spacial score (nSPS) is 13.1. The van der Waals surface area contributed by atoms with Crippen LogP contribution in [0.5, 0.6) is 0 Å². The summed E-state index contributed by atoms with van der Waals surface area (Å²) in [5, 5.41) is 5.31. The van der Waals surface area contributed by atoms with Crippen LogP contribution in [0, 0.1) is 0 Å². The molecule has 1 aliphatic rings. The van der Waals surface area contributed by atoms with Gasteiger partial charge in [-0.05, 0) is 92.2 Å². The standard InChI is InChI=1S/C49H35NS/c1-49(2)43-18-10-8-17-40(43)42-31-37(26-28-44(42)49)50(45-19-11-9-15-38(45)33-12-4-3-5-13-33)36-24-20-32(21-25-36)35-22-27-41-47(30-35)51-46-29-23-34-14-6-7-16-39(34)48(41)46/h3-31H,1-2H3. The highest BCUT2D eigenvalue weighted by Crippen LogP contribution is 2.51. The Morgan fingerprint density at radius 2 is 1.12 bits per heavy atom. The van der Waals surface area contributed by atoms with Crippen LogP contribution in [-0.4, -0.2) is 0 Å². The lowest BCUT2D eigenvalue weighted by Crippen LogP contribution is -2.15. The molecule has 2 heteroatoms. The molecule has 1 nitrogen and oxygen atoms in total. The zero-order valence-corrected chi connectivity index (χ0v) is 29.4. The summed E-state index contributed by atoms with van der Waals surface area (Å²) in [6, 6.07) is 64.8. The van der Waals surface area contributed by atoms with Crippen LogP contribution in [0.2, 0.25) is 0 Å². The molecule has 0 amide bonds. The van der Waals surface area contributed by atoms with Crippen LogP contribution < -0.4 is 4.90 Å². The Labute approximate surface area is 302 Å². The van der Waals surface area contributed by atoms with E-state index in [0.717, 1.165) is 17.1 Å². The Morgan fingerprint density at radius 3 is 1.98 bits per heavy atom. The first-order valence-corrected chi connectivity index (χ1v) is 18.5. The van der Waals surface area contributed by atoms with Gasteiger partial charge in [-0.25, -0.2) is 0 Å². The van der Waals surface area contributed by atoms with Crippen molar-refractivity contribution >= 4 is 59.3 Å². The average molecular weight is 670 g/mol. The second-order valence-electron chi connectivity index (χ2n) is 14.1.